The van der Waals surface area contributed by atoms with Gasteiger partial charge in [0.25, 0.3) is 5.91 Å². The molecule has 0 saturated heterocycles. The molecule has 1 aromatic heterocycles. The van der Waals surface area contributed by atoms with Crippen LogP contribution in [-0.4, -0.2) is 33.8 Å². The van der Waals surface area contributed by atoms with E-state index in [2.05, 4.69) is 5.32 Å². The van der Waals surface area contributed by atoms with Gasteiger partial charge in [0, 0.05) is 19.0 Å². The zero-order valence-corrected chi connectivity index (χ0v) is 14.9. The molecular formula is C20H21NO5. The van der Waals surface area contributed by atoms with E-state index in [0.29, 0.717) is 17.9 Å². The average Bonchev–Trinajstić information content (AvgIpc) is 3.13. The fourth-order valence-electron chi connectivity index (χ4n) is 2.76. The molecule has 1 heterocycles. The summed E-state index contributed by atoms with van der Waals surface area (Å²) in [5.41, 5.74) is 1.47. The average molecular weight is 355 g/mol. The highest BCUT2D eigenvalue weighted by Crippen LogP contribution is 2.28. The number of hydrogen-bond acceptors (Lipinski definition) is 5. The Morgan fingerprint density at radius 3 is 2.62 bits per heavy atom. The van der Waals surface area contributed by atoms with Crippen LogP contribution < -0.4 is 14.8 Å². The van der Waals surface area contributed by atoms with Gasteiger partial charge in [0.05, 0.1) is 20.3 Å². The maximum atomic E-state index is 12.5. The van der Waals surface area contributed by atoms with Gasteiger partial charge in [-0.25, -0.2) is 0 Å². The molecule has 0 radical (unpaired) electrons. The maximum absolute atomic E-state index is 12.5. The van der Waals surface area contributed by atoms with Gasteiger partial charge in [0.2, 0.25) is 0 Å². The molecular weight excluding hydrogens is 334 g/mol. The lowest BCUT2D eigenvalue weighted by Crippen LogP contribution is -2.28. The lowest BCUT2D eigenvalue weighted by Gasteiger charge is -2.16. The van der Waals surface area contributed by atoms with Crippen LogP contribution in [0, 0.1) is 0 Å². The zero-order chi connectivity index (χ0) is 18.5. The quantitative estimate of drug-likeness (QED) is 0.702. The molecule has 2 aromatic carbocycles. The Bertz CT molecular complexity index is 902. The van der Waals surface area contributed by atoms with Crippen molar-refractivity contribution in [2.75, 3.05) is 27.9 Å². The van der Waals surface area contributed by atoms with Gasteiger partial charge in [-0.15, -0.1) is 0 Å². The van der Waals surface area contributed by atoms with Crippen LogP contribution in [0.1, 0.15) is 22.2 Å². The van der Waals surface area contributed by atoms with Crippen molar-refractivity contribution in [2.45, 2.75) is 6.10 Å². The Labute approximate surface area is 151 Å². The van der Waals surface area contributed by atoms with Crippen molar-refractivity contribution < 1.29 is 23.4 Å². The summed E-state index contributed by atoms with van der Waals surface area (Å²) in [4.78, 5) is 12.5. The molecule has 0 aliphatic heterocycles. The minimum absolute atomic E-state index is 0.227. The van der Waals surface area contributed by atoms with Gasteiger partial charge >= 0.3 is 0 Å². The largest absolute Gasteiger partial charge is 0.497 e. The van der Waals surface area contributed by atoms with Crippen molar-refractivity contribution >= 4 is 16.9 Å². The summed E-state index contributed by atoms with van der Waals surface area (Å²) in [6.45, 7) is 0.302. The third-order valence-electron chi connectivity index (χ3n) is 4.15. The van der Waals surface area contributed by atoms with Gasteiger partial charge in [-0.3, -0.25) is 4.79 Å². The van der Waals surface area contributed by atoms with Gasteiger partial charge in [-0.2, -0.15) is 0 Å². The predicted molar refractivity (Wildman–Crippen MR) is 97.8 cm³/mol. The van der Waals surface area contributed by atoms with E-state index in [1.165, 1.54) is 0 Å². The van der Waals surface area contributed by atoms with Crippen LogP contribution in [0.15, 0.2) is 52.9 Å². The van der Waals surface area contributed by atoms with Gasteiger partial charge in [0.15, 0.2) is 17.1 Å². The molecule has 1 amide bonds. The third-order valence-corrected chi connectivity index (χ3v) is 4.15. The highest BCUT2D eigenvalue weighted by Gasteiger charge is 2.17. The number of hydrogen-bond donors (Lipinski definition) is 1. The molecule has 3 rings (SSSR count). The second-order valence-corrected chi connectivity index (χ2v) is 5.70. The summed E-state index contributed by atoms with van der Waals surface area (Å²) in [6.07, 6.45) is -0.298. The number of fused-ring (bicyclic) bond motifs is 1. The van der Waals surface area contributed by atoms with Gasteiger partial charge in [-0.05, 0) is 29.8 Å². The molecule has 136 valence electrons. The molecule has 1 unspecified atom stereocenters. The molecule has 1 N–H and O–H groups in total. The van der Waals surface area contributed by atoms with Crippen molar-refractivity contribution in [3.63, 3.8) is 0 Å². The van der Waals surface area contributed by atoms with E-state index in [4.69, 9.17) is 18.6 Å². The highest BCUT2D eigenvalue weighted by atomic mass is 16.5. The summed E-state index contributed by atoms with van der Waals surface area (Å²) in [5, 5.41) is 3.66. The topological polar surface area (TPSA) is 69.9 Å². The number of rotatable bonds is 7. The first-order valence-corrected chi connectivity index (χ1v) is 8.17. The predicted octanol–water partition coefficient (Wildman–Crippen LogP) is 3.57. The first-order valence-electron chi connectivity index (χ1n) is 8.17. The van der Waals surface area contributed by atoms with E-state index in [9.17, 15) is 4.79 Å². The van der Waals surface area contributed by atoms with E-state index in [0.717, 1.165) is 16.7 Å². The number of nitrogens with one attached hydrogen (secondary N) is 1. The molecule has 0 bridgehead atoms. The van der Waals surface area contributed by atoms with Crippen molar-refractivity contribution in [3.05, 3.63) is 59.9 Å². The Kier molecular flexibility index (Phi) is 5.43. The normalized spacial score (nSPS) is 12.0. The molecule has 0 saturated carbocycles. The number of benzene rings is 2. The third kappa shape index (κ3) is 3.65. The summed E-state index contributed by atoms with van der Waals surface area (Å²) in [5.74, 6) is 1.24. The maximum Gasteiger partial charge on any atom is 0.287 e. The van der Waals surface area contributed by atoms with E-state index >= 15 is 0 Å². The van der Waals surface area contributed by atoms with Crippen LogP contribution in [0.25, 0.3) is 11.0 Å². The molecule has 0 aliphatic carbocycles. The Balaban J connectivity index is 1.73. The summed E-state index contributed by atoms with van der Waals surface area (Å²) < 4.78 is 21.6. The number of carbonyl (C=O) groups is 1. The minimum atomic E-state index is -0.312. The number of amides is 1. The molecule has 0 spiro atoms. The first kappa shape index (κ1) is 17.8. The number of para-hydroxylation sites is 1. The van der Waals surface area contributed by atoms with Crippen molar-refractivity contribution in [1.82, 2.24) is 5.32 Å². The fourth-order valence-corrected chi connectivity index (χ4v) is 2.76. The SMILES string of the molecule is COc1cccc(C(CNC(=O)c2cc3cccc(OC)c3o2)OC)c1. The standard InChI is InChI=1S/C20H21NO5/c1-23-15-8-4-6-13(10-15)18(25-3)12-21-20(22)17-11-14-7-5-9-16(24-2)19(14)26-17/h4-11,18H,12H2,1-3H3,(H,21,22). The summed E-state index contributed by atoms with van der Waals surface area (Å²) in [7, 11) is 4.77. The molecule has 26 heavy (non-hydrogen) atoms. The van der Waals surface area contributed by atoms with Crippen molar-refractivity contribution in [3.8, 4) is 11.5 Å². The smallest absolute Gasteiger partial charge is 0.287 e. The molecule has 1 atom stereocenters. The van der Waals surface area contributed by atoms with Crippen molar-refractivity contribution in [2.24, 2.45) is 0 Å². The molecule has 6 nitrogen and oxygen atoms in total. The minimum Gasteiger partial charge on any atom is -0.497 e. The lowest BCUT2D eigenvalue weighted by molar-refractivity contribution is 0.0808. The van der Waals surface area contributed by atoms with Crippen LogP contribution in [0.3, 0.4) is 0 Å². The Hall–Kier alpha value is -2.99. The second kappa shape index (κ2) is 7.93. The van der Waals surface area contributed by atoms with Gasteiger partial charge < -0.3 is 23.9 Å². The Morgan fingerprint density at radius 2 is 1.88 bits per heavy atom. The Morgan fingerprint density at radius 1 is 1.08 bits per heavy atom. The monoisotopic (exact) mass is 355 g/mol. The van der Waals surface area contributed by atoms with Gasteiger partial charge in [0.1, 0.15) is 5.75 Å². The molecule has 6 heteroatoms. The first-order chi connectivity index (χ1) is 12.7. The van der Waals surface area contributed by atoms with Crippen LogP contribution in [0.4, 0.5) is 0 Å². The number of methoxy groups -OCH3 is 3. The molecule has 0 fully saturated rings. The number of ether oxygens (including phenoxy) is 3. The molecule has 0 aliphatic rings. The highest BCUT2D eigenvalue weighted by molar-refractivity contribution is 5.97. The lowest BCUT2D eigenvalue weighted by atomic mass is 10.1. The van der Waals surface area contributed by atoms with E-state index < -0.39 is 0 Å². The van der Waals surface area contributed by atoms with E-state index in [1.807, 2.05) is 36.4 Å². The van der Waals surface area contributed by atoms with Crippen LogP contribution in [0.5, 0.6) is 11.5 Å². The van der Waals surface area contributed by atoms with Crippen LogP contribution in [-0.2, 0) is 4.74 Å². The van der Waals surface area contributed by atoms with Crippen LogP contribution in [0.2, 0.25) is 0 Å². The number of carbonyl (C=O) groups excluding carboxylic acids is 1. The fraction of sp³-hybridized carbons (Fsp3) is 0.250. The zero-order valence-electron chi connectivity index (χ0n) is 14.9. The van der Waals surface area contributed by atoms with Crippen molar-refractivity contribution in [1.29, 1.82) is 0 Å². The van der Waals surface area contributed by atoms with Gasteiger partial charge in [-0.1, -0.05) is 24.3 Å². The summed E-state index contributed by atoms with van der Waals surface area (Å²) >= 11 is 0. The van der Waals surface area contributed by atoms with E-state index in [-0.39, 0.29) is 17.8 Å². The second-order valence-electron chi connectivity index (χ2n) is 5.70. The number of furan rings is 1. The van der Waals surface area contributed by atoms with E-state index in [1.54, 1.807) is 33.5 Å². The summed E-state index contributed by atoms with van der Waals surface area (Å²) in [6, 6.07) is 14.7. The van der Waals surface area contributed by atoms with Crippen LogP contribution >= 0.6 is 0 Å². The molecule has 3 aromatic rings.